The number of aliphatic hydroxyl groups is 2. The molecule has 2 aromatic carbocycles. The molecule has 0 aliphatic rings. The summed E-state index contributed by atoms with van der Waals surface area (Å²) in [6.45, 7) is -0.000906. The number of hydrogen-bond donors (Lipinski definition) is 3. The summed E-state index contributed by atoms with van der Waals surface area (Å²) in [4.78, 5) is 3.30. The number of para-hydroxylation sites is 1. The van der Waals surface area contributed by atoms with E-state index >= 15 is 0 Å². The molecule has 0 amide bonds. The Morgan fingerprint density at radius 3 is 2.35 bits per heavy atom. The van der Waals surface area contributed by atoms with Crippen LogP contribution >= 0.6 is 0 Å². The Labute approximate surface area is 98.3 Å². The van der Waals surface area contributed by atoms with Crippen molar-refractivity contribution < 1.29 is 10.2 Å². The van der Waals surface area contributed by atoms with Gasteiger partial charge in [0.1, 0.15) is 0 Å². The first kappa shape index (κ1) is 10.3. The summed E-state index contributed by atoms with van der Waals surface area (Å²) in [6.07, 6.45) is 0. The first-order valence-corrected chi connectivity index (χ1v) is 5.58. The lowest BCUT2D eigenvalue weighted by Crippen LogP contribution is -1.90. The molecule has 0 bridgehead atoms. The second kappa shape index (κ2) is 3.87. The molecule has 3 rings (SSSR count). The molecule has 17 heavy (non-hydrogen) atoms. The number of aromatic nitrogens is 1. The van der Waals surface area contributed by atoms with Gasteiger partial charge in [0.15, 0.2) is 0 Å². The van der Waals surface area contributed by atoms with Crippen molar-refractivity contribution in [1.82, 2.24) is 4.98 Å². The molecular weight excluding hydrogens is 214 g/mol. The lowest BCUT2D eigenvalue weighted by Gasteiger charge is -2.03. The SMILES string of the molecule is OCc1ccc(CO)c2c1[nH]c1ccccc12. The third-order valence-electron chi connectivity index (χ3n) is 3.17. The molecule has 0 aliphatic carbocycles. The second-order valence-corrected chi connectivity index (χ2v) is 4.12. The number of fused-ring (bicyclic) bond motifs is 3. The predicted molar refractivity (Wildman–Crippen MR) is 67.7 cm³/mol. The predicted octanol–water partition coefficient (Wildman–Crippen LogP) is 2.31. The van der Waals surface area contributed by atoms with E-state index in [-0.39, 0.29) is 13.2 Å². The fraction of sp³-hybridized carbons (Fsp3) is 0.143. The van der Waals surface area contributed by atoms with Gasteiger partial charge in [0.05, 0.1) is 18.7 Å². The van der Waals surface area contributed by atoms with Gasteiger partial charge >= 0.3 is 0 Å². The van der Waals surface area contributed by atoms with Crippen molar-refractivity contribution in [1.29, 1.82) is 0 Å². The van der Waals surface area contributed by atoms with Gasteiger partial charge in [-0.15, -0.1) is 0 Å². The van der Waals surface area contributed by atoms with Gasteiger partial charge in [0, 0.05) is 21.9 Å². The van der Waals surface area contributed by atoms with Crippen molar-refractivity contribution >= 4 is 21.8 Å². The minimum Gasteiger partial charge on any atom is -0.392 e. The Hall–Kier alpha value is -1.84. The molecule has 3 N–H and O–H groups in total. The number of aliphatic hydroxyl groups excluding tert-OH is 2. The first-order chi connectivity index (χ1) is 8.35. The molecule has 1 aromatic heterocycles. The van der Waals surface area contributed by atoms with Crippen molar-refractivity contribution in [3.05, 3.63) is 47.5 Å². The maximum Gasteiger partial charge on any atom is 0.0702 e. The van der Waals surface area contributed by atoms with Crippen LogP contribution in [0, 0.1) is 0 Å². The monoisotopic (exact) mass is 227 g/mol. The highest BCUT2D eigenvalue weighted by molar-refractivity contribution is 6.09. The fourth-order valence-electron chi connectivity index (χ4n) is 2.35. The quantitative estimate of drug-likeness (QED) is 0.629. The molecule has 3 heteroatoms. The Morgan fingerprint density at radius 2 is 1.59 bits per heavy atom. The average Bonchev–Trinajstić information content (AvgIpc) is 2.77. The minimum atomic E-state index is -0.00493. The fourth-order valence-corrected chi connectivity index (χ4v) is 2.35. The highest BCUT2D eigenvalue weighted by Crippen LogP contribution is 2.30. The van der Waals surface area contributed by atoms with Crippen LogP contribution in [0.5, 0.6) is 0 Å². The smallest absolute Gasteiger partial charge is 0.0702 e. The molecule has 0 radical (unpaired) electrons. The highest BCUT2D eigenvalue weighted by atomic mass is 16.3. The normalized spacial score (nSPS) is 11.4. The van der Waals surface area contributed by atoms with Gasteiger partial charge in [-0.05, 0) is 11.6 Å². The number of aromatic amines is 1. The van der Waals surface area contributed by atoms with E-state index in [2.05, 4.69) is 4.98 Å². The number of hydrogen-bond acceptors (Lipinski definition) is 2. The van der Waals surface area contributed by atoms with Crippen LogP contribution in [0.4, 0.5) is 0 Å². The Bertz CT molecular complexity index is 685. The van der Waals surface area contributed by atoms with E-state index in [1.54, 1.807) is 0 Å². The molecule has 3 aromatic rings. The lowest BCUT2D eigenvalue weighted by atomic mass is 10.0. The van der Waals surface area contributed by atoms with Gasteiger partial charge in [-0.25, -0.2) is 0 Å². The largest absolute Gasteiger partial charge is 0.392 e. The van der Waals surface area contributed by atoms with Crippen LogP contribution in [0.3, 0.4) is 0 Å². The van der Waals surface area contributed by atoms with Crippen LogP contribution in [0.25, 0.3) is 21.8 Å². The number of nitrogens with one attached hydrogen (secondary N) is 1. The third kappa shape index (κ3) is 1.44. The maximum absolute atomic E-state index is 9.40. The maximum atomic E-state index is 9.40. The van der Waals surface area contributed by atoms with Crippen LogP contribution in [-0.2, 0) is 13.2 Å². The van der Waals surface area contributed by atoms with E-state index in [1.165, 1.54) is 0 Å². The summed E-state index contributed by atoms with van der Waals surface area (Å²) in [5, 5.41) is 20.8. The van der Waals surface area contributed by atoms with Gasteiger partial charge in [0.25, 0.3) is 0 Å². The number of benzene rings is 2. The van der Waals surface area contributed by atoms with Crippen molar-refractivity contribution in [3.8, 4) is 0 Å². The summed E-state index contributed by atoms with van der Waals surface area (Å²) in [5.41, 5.74) is 3.68. The Morgan fingerprint density at radius 1 is 0.882 bits per heavy atom. The van der Waals surface area contributed by atoms with E-state index in [0.29, 0.717) is 0 Å². The molecule has 1 heterocycles. The molecule has 0 saturated heterocycles. The van der Waals surface area contributed by atoms with E-state index in [4.69, 9.17) is 0 Å². The first-order valence-electron chi connectivity index (χ1n) is 5.58. The third-order valence-corrected chi connectivity index (χ3v) is 3.17. The topological polar surface area (TPSA) is 56.2 Å². The summed E-state index contributed by atoms with van der Waals surface area (Å²) in [5.74, 6) is 0. The van der Waals surface area contributed by atoms with E-state index in [0.717, 1.165) is 32.9 Å². The average molecular weight is 227 g/mol. The van der Waals surface area contributed by atoms with Gasteiger partial charge in [-0.3, -0.25) is 0 Å². The summed E-state index contributed by atoms with van der Waals surface area (Å²) in [7, 11) is 0. The summed E-state index contributed by atoms with van der Waals surface area (Å²) < 4.78 is 0. The number of H-pyrrole nitrogens is 1. The van der Waals surface area contributed by atoms with Crippen LogP contribution in [0.15, 0.2) is 36.4 Å². The van der Waals surface area contributed by atoms with Crippen LogP contribution in [0.2, 0.25) is 0 Å². The molecule has 0 fully saturated rings. The van der Waals surface area contributed by atoms with E-state index < -0.39 is 0 Å². The van der Waals surface area contributed by atoms with Gasteiger partial charge in [0.2, 0.25) is 0 Å². The Balaban J connectivity index is 2.53. The molecule has 0 atom stereocenters. The molecule has 0 spiro atoms. The zero-order chi connectivity index (χ0) is 11.8. The molecule has 0 aliphatic heterocycles. The van der Waals surface area contributed by atoms with E-state index in [9.17, 15) is 10.2 Å². The molecular formula is C14H13NO2. The standard InChI is InChI=1S/C14H13NO2/c16-7-9-5-6-10(8-17)14-13(9)11-3-1-2-4-12(11)15-14/h1-6,15-17H,7-8H2. The van der Waals surface area contributed by atoms with Crippen molar-refractivity contribution in [2.45, 2.75) is 13.2 Å². The minimum absolute atomic E-state index is 0.00402. The van der Waals surface area contributed by atoms with Crippen molar-refractivity contribution in [3.63, 3.8) is 0 Å². The zero-order valence-electron chi connectivity index (χ0n) is 9.27. The summed E-state index contributed by atoms with van der Waals surface area (Å²) >= 11 is 0. The van der Waals surface area contributed by atoms with Crippen LogP contribution in [-0.4, -0.2) is 15.2 Å². The second-order valence-electron chi connectivity index (χ2n) is 4.12. The van der Waals surface area contributed by atoms with Crippen molar-refractivity contribution in [2.75, 3.05) is 0 Å². The number of rotatable bonds is 2. The molecule has 0 saturated carbocycles. The van der Waals surface area contributed by atoms with Crippen molar-refractivity contribution in [2.24, 2.45) is 0 Å². The van der Waals surface area contributed by atoms with Gasteiger partial charge in [-0.2, -0.15) is 0 Å². The van der Waals surface area contributed by atoms with Crippen LogP contribution in [0.1, 0.15) is 11.1 Å². The van der Waals surface area contributed by atoms with Gasteiger partial charge in [-0.1, -0.05) is 30.3 Å². The molecule has 3 nitrogen and oxygen atoms in total. The Kier molecular flexibility index (Phi) is 2.35. The zero-order valence-corrected chi connectivity index (χ0v) is 9.27. The molecule has 86 valence electrons. The lowest BCUT2D eigenvalue weighted by molar-refractivity contribution is 0.280. The van der Waals surface area contributed by atoms with E-state index in [1.807, 2.05) is 36.4 Å². The molecule has 0 unspecified atom stereocenters. The van der Waals surface area contributed by atoms with Gasteiger partial charge < -0.3 is 15.2 Å². The highest BCUT2D eigenvalue weighted by Gasteiger charge is 2.10. The van der Waals surface area contributed by atoms with Crippen LogP contribution < -0.4 is 0 Å². The summed E-state index contributed by atoms with van der Waals surface area (Å²) in [6, 6.07) is 11.7.